The van der Waals surface area contributed by atoms with E-state index in [1.807, 2.05) is 31.2 Å². The second-order valence-corrected chi connectivity index (χ2v) is 6.49. The van der Waals surface area contributed by atoms with E-state index in [9.17, 15) is 4.39 Å². The van der Waals surface area contributed by atoms with E-state index in [4.69, 9.17) is 16.3 Å². The Hall–Kier alpha value is -1.58. The van der Waals surface area contributed by atoms with Gasteiger partial charge in [0.25, 0.3) is 0 Å². The summed E-state index contributed by atoms with van der Waals surface area (Å²) in [6.07, 6.45) is 0. The minimum absolute atomic E-state index is 0.227. The first kappa shape index (κ1) is 14.4. The number of thiophene rings is 1. The van der Waals surface area contributed by atoms with Gasteiger partial charge < -0.3 is 4.74 Å². The van der Waals surface area contributed by atoms with Crippen molar-refractivity contribution in [1.82, 2.24) is 0 Å². The lowest BCUT2D eigenvalue weighted by Crippen LogP contribution is -1.96. The SMILES string of the molecule is COc1ccc(C)cc1C(Cl)c1cc2ccc(F)cc2s1. The molecular formula is C17H14ClFOS. The Morgan fingerprint density at radius 3 is 2.71 bits per heavy atom. The fourth-order valence-electron chi connectivity index (χ4n) is 2.36. The highest BCUT2D eigenvalue weighted by molar-refractivity contribution is 7.19. The van der Waals surface area contributed by atoms with Gasteiger partial charge in [0.1, 0.15) is 11.6 Å². The number of ether oxygens (including phenoxy) is 1. The molecular weight excluding hydrogens is 307 g/mol. The average Bonchev–Trinajstić information content (AvgIpc) is 2.89. The van der Waals surface area contributed by atoms with E-state index in [0.29, 0.717) is 0 Å². The predicted octanol–water partition coefficient (Wildman–Crippen LogP) is 5.69. The summed E-state index contributed by atoms with van der Waals surface area (Å²) in [6.45, 7) is 2.02. The van der Waals surface area contributed by atoms with Gasteiger partial charge in [0.15, 0.2) is 0 Å². The number of halogens is 2. The number of fused-ring (bicyclic) bond motifs is 1. The Morgan fingerprint density at radius 2 is 1.95 bits per heavy atom. The highest BCUT2D eigenvalue weighted by Crippen LogP contribution is 2.40. The highest BCUT2D eigenvalue weighted by atomic mass is 35.5. The van der Waals surface area contributed by atoms with Crippen molar-refractivity contribution in [3.8, 4) is 5.75 Å². The van der Waals surface area contributed by atoms with Crippen molar-refractivity contribution in [1.29, 1.82) is 0 Å². The van der Waals surface area contributed by atoms with Crippen LogP contribution in [0.3, 0.4) is 0 Å². The Morgan fingerprint density at radius 1 is 1.14 bits per heavy atom. The van der Waals surface area contributed by atoms with Gasteiger partial charge in [0, 0.05) is 15.1 Å². The van der Waals surface area contributed by atoms with Crippen LogP contribution in [0.1, 0.15) is 21.4 Å². The third kappa shape index (κ3) is 2.76. The molecule has 3 aromatic rings. The summed E-state index contributed by atoms with van der Waals surface area (Å²) in [4.78, 5) is 0.987. The van der Waals surface area contributed by atoms with E-state index < -0.39 is 0 Å². The molecule has 2 aromatic carbocycles. The van der Waals surface area contributed by atoms with E-state index in [0.717, 1.165) is 31.8 Å². The summed E-state index contributed by atoms with van der Waals surface area (Å²) in [6, 6.07) is 12.7. The minimum Gasteiger partial charge on any atom is -0.496 e. The number of rotatable bonds is 3. The largest absolute Gasteiger partial charge is 0.496 e. The molecule has 0 N–H and O–H groups in total. The Bertz CT molecular complexity index is 797. The van der Waals surface area contributed by atoms with E-state index in [2.05, 4.69) is 0 Å². The van der Waals surface area contributed by atoms with Gasteiger partial charge in [0.2, 0.25) is 0 Å². The van der Waals surface area contributed by atoms with Crippen molar-refractivity contribution in [2.75, 3.05) is 7.11 Å². The Labute approximate surface area is 131 Å². The zero-order valence-corrected chi connectivity index (χ0v) is 13.3. The van der Waals surface area contributed by atoms with Crippen molar-refractivity contribution >= 4 is 33.0 Å². The van der Waals surface area contributed by atoms with Crippen LogP contribution in [0.4, 0.5) is 4.39 Å². The van der Waals surface area contributed by atoms with E-state index >= 15 is 0 Å². The lowest BCUT2D eigenvalue weighted by molar-refractivity contribution is 0.410. The summed E-state index contributed by atoms with van der Waals surface area (Å²) in [7, 11) is 1.64. The van der Waals surface area contributed by atoms with Crippen LogP contribution < -0.4 is 4.74 Å². The lowest BCUT2D eigenvalue weighted by Gasteiger charge is -2.13. The molecule has 0 radical (unpaired) electrons. The smallest absolute Gasteiger partial charge is 0.124 e. The molecule has 1 heterocycles. The minimum atomic E-state index is -0.305. The number of benzene rings is 2. The van der Waals surface area contributed by atoms with Gasteiger partial charge in [-0.15, -0.1) is 22.9 Å². The van der Waals surface area contributed by atoms with Crippen molar-refractivity contribution < 1.29 is 9.13 Å². The van der Waals surface area contributed by atoms with Crippen LogP contribution in [0.15, 0.2) is 42.5 Å². The first-order chi connectivity index (χ1) is 10.1. The number of aryl methyl sites for hydroxylation is 1. The van der Waals surface area contributed by atoms with Crippen molar-refractivity contribution in [3.05, 3.63) is 64.3 Å². The molecule has 0 saturated heterocycles. The van der Waals surface area contributed by atoms with Crippen molar-refractivity contribution in [2.45, 2.75) is 12.3 Å². The molecule has 108 valence electrons. The van der Waals surface area contributed by atoms with Crippen LogP contribution >= 0.6 is 22.9 Å². The maximum atomic E-state index is 13.3. The van der Waals surface area contributed by atoms with Crippen LogP contribution in [0.2, 0.25) is 0 Å². The molecule has 4 heteroatoms. The molecule has 0 amide bonds. The predicted molar refractivity (Wildman–Crippen MR) is 87.2 cm³/mol. The van der Waals surface area contributed by atoms with E-state index in [-0.39, 0.29) is 11.2 Å². The van der Waals surface area contributed by atoms with Gasteiger partial charge in [-0.2, -0.15) is 0 Å². The lowest BCUT2D eigenvalue weighted by atomic mass is 10.1. The fraction of sp³-hybridized carbons (Fsp3) is 0.176. The summed E-state index contributed by atoms with van der Waals surface area (Å²) >= 11 is 8.15. The van der Waals surface area contributed by atoms with Crippen LogP contribution in [-0.2, 0) is 0 Å². The van der Waals surface area contributed by atoms with Crippen LogP contribution in [0.5, 0.6) is 5.75 Å². The summed E-state index contributed by atoms with van der Waals surface area (Å²) in [5.41, 5.74) is 2.06. The molecule has 0 aliphatic rings. The number of hydrogen-bond donors (Lipinski definition) is 0. The monoisotopic (exact) mass is 320 g/mol. The van der Waals surface area contributed by atoms with Crippen LogP contribution in [0.25, 0.3) is 10.1 Å². The highest BCUT2D eigenvalue weighted by Gasteiger charge is 2.18. The molecule has 1 unspecified atom stereocenters. The van der Waals surface area contributed by atoms with Crippen molar-refractivity contribution in [3.63, 3.8) is 0 Å². The molecule has 1 nitrogen and oxygen atoms in total. The third-order valence-corrected chi connectivity index (χ3v) is 5.17. The zero-order chi connectivity index (χ0) is 15.0. The number of hydrogen-bond acceptors (Lipinski definition) is 2. The molecule has 0 saturated carbocycles. The molecule has 3 rings (SSSR count). The summed E-state index contributed by atoms with van der Waals surface area (Å²) in [5, 5.41) is 0.703. The van der Waals surface area contributed by atoms with Crippen molar-refractivity contribution in [2.24, 2.45) is 0 Å². The number of methoxy groups -OCH3 is 1. The Balaban J connectivity index is 2.07. The topological polar surface area (TPSA) is 9.23 Å². The fourth-order valence-corrected chi connectivity index (χ4v) is 3.81. The second kappa shape index (κ2) is 5.66. The van der Waals surface area contributed by atoms with Crippen LogP contribution in [-0.4, -0.2) is 7.11 Å². The Kier molecular flexibility index (Phi) is 3.87. The van der Waals surface area contributed by atoms with Gasteiger partial charge in [0.05, 0.1) is 12.5 Å². The van der Waals surface area contributed by atoms with E-state index in [1.54, 1.807) is 19.2 Å². The molecule has 0 aliphatic heterocycles. The molecule has 1 atom stereocenters. The standard InChI is InChI=1S/C17H14ClFOS/c1-10-3-6-14(20-2)13(7-10)17(18)16-8-11-4-5-12(19)9-15(11)21-16/h3-9,17H,1-2H3. The summed E-state index contributed by atoms with van der Waals surface area (Å²) in [5.74, 6) is 0.541. The molecule has 1 aromatic heterocycles. The van der Waals surface area contributed by atoms with Crippen LogP contribution in [0, 0.1) is 12.7 Å². The molecule has 0 fully saturated rings. The average molecular weight is 321 g/mol. The third-order valence-electron chi connectivity index (χ3n) is 3.41. The molecule has 0 aliphatic carbocycles. The summed E-state index contributed by atoms with van der Waals surface area (Å²) < 4.78 is 19.6. The van der Waals surface area contributed by atoms with Gasteiger partial charge in [-0.3, -0.25) is 0 Å². The second-order valence-electron chi connectivity index (χ2n) is 4.94. The first-order valence-corrected chi connectivity index (χ1v) is 7.81. The van der Waals surface area contributed by atoms with Gasteiger partial charge in [-0.05, 0) is 36.6 Å². The normalized spacial score (nSPS) is 12.6. The quantitative estimate of drug-likeness (QED) is 0.564. The maximum Gasteiger partial charge on any atom is 0.124 e. The number of alkyl halides is 1. The van der Waals surface area contributed by atoms with Gasteiger partial charge >= 0.3 is 0 Å². The first-order valence-electron chi connectivity index (χ1n) is 6.56. The molecule has 0 spiro atoms. The maximum absolute atomic E-state index is 13.3. The molecule has 21 heavy (non-hydrogen) atoms. The van der Waals surface area contributed by atoms with E-state index in [1.165, 1.54) is 17.4 Å². The van der Waals surface area contributed by atoms with Gasteiger partial charge in [-0.25, -0.2) is 4.39 Å². The van der Waals surface area contributed by atoms with Gasteiger partial charge in [-0.1, -0.05) is 23.8 Å². The molecule has 0 bridgehead atoms. The zero-order valence-electron chi connectivity index (χ0n) is 11.7.